The minimum absolute atomic E-state index is 0.172. The molecule has 3 aromatic rings. The van der Waals surface area contributed by atoms with Crippen molar-refractivity contribution in [2.75, 3.05) is 12.3 Å². The van der Waals surface area contributed by atoms with E-state index >= 15 is 0 Å². The highest BCUT2D eigenvalue weighted by atomic mass is 31.2. The van der Waals surface area contributed by atoms with Crippen LogP contribution in [0.2, 0.25) is 0 Å². The van der Waals surface area contributed by atoms with Gasteiger partial charge in [0.05, 0.1) is 19.0 Å². The number of nitrogen functional groups attached to an aromatic ring is 1. The van der Waals surface area contributed by atoms with Gasteiger partial charge >= 0.3 is 13.7 Å². The lowest BCUT2D eigenvalue weighted by Crippen LogP contribution is -2.39. The fourth-order valence-corrected chi connectivity index (χ4v) is 5.59. The van der Waals surface area contributed by atoms with Crippen molar-refractivity contribution in [3.05, 3.63) is 43.0 Å². The van der Waals surface area contributed by atoms with E-state index in [2.05, 4.69) is 20.0 Å². The minimum Gasteiger partial charge on any atom is -0.453 e. The van der Waals surface area contributed by atoms with E-state index in [9.17, 15) is 19.3 Å². The third-order valence-corrected chi connectivity index (χ3v) is 7.89. The Morgan fingerprint density at radius 3 is 2.62 bits per heavy atom. The highest BCUT2D eigenvalue weighted by molar-refractivity contribution is 7.52. The molecule has 0 unspecified atom stereocenters. The summed E-state index contributed by atoms with van der Waals surface area (Å²) in [5, 5.41) is 13.2. The molecule has 40 heavy (non-hydrogen) atoms. The number of nitrogens with one attached hydrogen (secondary N) is 1. The van der Waals surface area contributed by atoms with Crippen molar-refractivity contribution >= 4 is 36.5 Å². The Labute approximate surface area is 230 Å². The number of aliphatic hydroxyl groups excluding tert-OH is 1. The molecular formula is C25H33N6O8P. The number of carbonyl (C=O) groups excluding carboxylic acids is 2. The number of esters is 1. The topological polar surface area (TPSA) is 190 Å². The van der Waals surface area contributed by atoms with Crippen LogP contribution in [0.25, 0.3) is 11.2 Å². The summed E-state index contributed by atoms with van der Waals surface area (Å²) in [7, 11) is -4.23. The van der Waals surface area contributed by atoms with Crippen LogP contribution in [0.3, 0.4) is 0 Å². The van der Waals surface area contributed by atoms with Crippen LogP contribution in [-0.4, -0.2) is 67.3 Å². The molecule has 0 aliphatic carbocycles. The van der Waals surface area contributed by atoms with Crippen molar-refractivity contribution in [2.24, 2.45) is 5.92 Å². The number of aliphatic hydroxyl groups is 1. The highest BCUT2D eigenvalue weighted by Crippen LogP contribution is 2.46. The molecule has 2 aromatic heterocycles. The molecular weight excluding hydrogens is 543 g/mol. The number of hydrogen-bond donors (Lipinski definition) is 3. The van der Waals surface area contributed by atoms with Crippen molar-refractivity contribution in [1.82, 2.24) is 24.6 Å². The van der Waals surface area contributed by atoms with E-state index < -0.39 is 44.3 Å². The van der Waals surface area contributed by atoms with Crippen molar-refractivity contribution in [1.29, 1.82) is 0 Å². The van der Waals surface area contributed by atoms with E-state index in [-0.39, 0.29) is 36.3 Å². The Hall–Kier alpha value is -3.42. The molecule has 4 N–H and O–H groups in total. The summed E-state index contributed by atoms with van der Waals surface area (Å²) in [6.45, 7) is 5.94. The highest BCUT2D eigenvalue weighted by Gasteiger charge is 2.40. The van der Waals surface area contributed by atoms with E-state index in [1.165, 1.54) is 26.5 Å². The first kappa shape index (κ1) is 29.6. The predicted octanol–water partition coefficient (Wildman–Crippen LogP) is 2.40. The zero-order valence-corrected chi connectivity index (χ0v) is 23.4. The average Bonchev–Trinajstić information content (AvgIpc) is 3.51. The van der Waals surface area contributed by atoms with Gasteiger partial charge in [0, 0.05) is 12.3 Å². The second kappa shape index (κ2) is 12.4. The van der Waals surface area contributed by atoms with Crippen LogP contribution in [-0.2, 0) is 28.2 Å². The first-order chi connectivity index (χ1) is 19.0. The van der Waals surface area contributed by atoms with Gasteiger partial charge in [0.25, 0.3) is 0 Å². The number of ketones is 1. The number of para-hydroxylation sites is 1. The number of imidazole rings is 1. The minimum atomic E-state index is -4.23. The number of Topliss-reactive ketones (excluding diaryl/α,β-unsaturated/α-hetero) is 1. The number of carbonyl (C=O) groups is 2. The van der Waals surface area contributed by atoms with Crippen molar-refractivity contribution in [3.63, 3.8) is 0 Å². The molecule has 4 rings (SSSR count). The second-order valence-corrected chi connectivity index (χ2v) is 11.4. The number of benzene rings is 1. The van der Waals surface area contributed by atoms with Crippen molar-refractivity contribution < 1.29 is 37.8 Å². The summed E-state index contributed by atoms with van der Waals surface area (Å²) in [6, 6.07) is 7.08. The largest absolute Gasteiger partial charge is 0.459 e. The lowest BCUT2D eigenvalue weighted by Gasteiger charge is -2.25. The van der Waals surface area contributed by atoms with E-state index in [1.54, 1.807) is 48.7 Å². The maximum absolute atomic E-state index is 13.8. The number of nitrogens with zero attached hydrogens (tertiary/aromatic N) is 4. The third-order valence-electron chi connectivity index (χ3n) is 6.25. The van der Waals surface area contributed by atoms with Crippen LogP contribution in [0, 0.1) is 5.92 Å². The van der Waals surface area contributed by atoms with Crippen LogP contribution in [0.1, 0.15) is 40.3 Å². The molecule has 3 heterocycles. The third kappa shape index (κ3) is 6.83. The monoisotopic (exact) mass is 576 g/mol. The summed E-state index contributed by atoms with van der Waals surface area (Å²) in [5.41, 5.74) is 6.69. The van der Waals surface area contributed by atoms with Crippen LogP contribution in [0.15, 0.2) is 43.0 Å². The maximum atomic E-state index is 13.8. The standard InChI is InChI=1S/C25H33N6O8P/c1-14(2)22(33)16(4)37-25(34)15(3)30-40(35,39-17-8-6-5-7-9-17)36-11-19-18(32)10-20(38-19)31-13-29-21-23(26)27-12-28-24(21)31/h5-9,12-16,18-20,32H,10-11H2,1-4H3,(H,30,35)(H2,26,27,28)/t15-,16-,18-,19+,20+,40-/m0/s1. The molecule has 1 aliphatic rings. The summed E-state index contributed by atoms with van der Waals surface area (Å²) in [5.74, 6) is -0.957. The first-order valence-electron chi connectivity index (χ1n) is 12.7. The Balaban J connectivity index is 1.45. The molecule has 1 aliphatic heterocycles. The quantitative estimate of drug-likeness (QED) is 0.211. The summed E-state index contributed by atoms with van der Waals surface area (Å²) >= 11 is 0. The molecule has 0 saturated carbocycles. The lowest BCUT2D eigenvalue weighted by atomic mass is 10.1. The summed E-state index contributed by atoms with van der Waals surface area (Å²) in [6.07, 6.45) is -0.564. The number of ether oxygens (including phenoxy) is 2. The summed E-state index contributed by atoms with van der Waals surface area (Å²) in [4.78, 5) is 37.1. The molecule has 0 amide bonds. The zero-order chi connectivity index (χ0) is 29.0. The Morgan fingerprint density at radius 2 is 1.93 bits per heavy atom. The molecule has 216 valence electrons. The van der Waals surface area contributed by atoms with E-state index in [4.69, 9.17) is 24.3 Å². The summed E-state index contributed by atoms with van der Waals surface area (Å²) < 4.78 is 37.9. The van der Waals surface area contributed by atoms with Crippen LogP contribution in [0.4, 0.5) is 5.82 Å². The van der Waals surface area contributed by atoms with Crippen LogP contribution < -0.4 is 15.3 Å². The maximum Gasteiger partial charge on any atom is 0.459 e. The SMILES string of the molecule is CC(C)C(=O)[C@H](C)OC(=O)[C@H](C)N[P@](=O)(OC[C@H]1O[C@@H](n2cnc3c(N)ncnc32)C[C@@H]1O)Oc1ccccc1. The van der Waals surface area contributed by atoms with Crippen LogP contribution >= 0.6 is 7.75 Å². The van der Waals surface area contributed by atoms with Gasteiger partial charge in [-0.1, -0.05) is 32.0 Å². The first-order valence-corrected chi connectivity index (χ1v) is 14.3. The average molecular weight is 577 g/mol. The van der Waals surface area contributed by atoms with Gasteiger partial charge in [-0.2, -0.15) is 5.09 Å². The molecule has 1 saturated heterocycles. The Morgan fingerprint density at radius 1 is 1.20 bits per heavy atom. The second-order valence-electron chi connectivity index (χ2n) is 9.70. The Kier molecular flexibility index (Phi) is 9.16. The van der Waals surface area contributed by atoms with E-state index in [1.807, 2.05) is 0 Å². The fourth-order valence-electron chi connectivity index (χ4n) is 4.09. The van der Waals surface area contributed by atoms with Gasteiger partial charge in [-0.05, 0) is 26.0 Å². The van der Waals surface area contributed by atoms with Crippen LogP contribution in [0.5, 0.6) is 5.75 Å². The molecule has 14 nitrogen and oxygen atoms in total. The normalized spacial score (nSPS) is 22.1. The fraction of sp³-hybridized carbons (Fsp3) is 0.480. The van der Waals surface area contributed by atoms with Crippen molar-refractivity contribution in [3.8, 4) is 5.75 Å². The van der Waals surface area contributed by atoms with Crippen molar-refractivity contribution in [2.45, 2.75) is 64.7 Å². The molecule has 1 aromatic carbocycles. The molecule has 0 radical (unpaired) electrons. The number of nitrogens with two attached hydrogens (primary N) is 1. The molecule has 6 atom stereocenters. The van der Waals surface area contributed by atoms with Gasteiger partial charge < -0.3 is 24.8 Å². The molecule has 0 bridgehead atoms. The number of hydrogen-bond acceptors (Lipinski definition) is 12. The number of rotatable bonds is 12. The number of fused-ring (bicyclic) bond motifs is 1. The number of anilines is 1. The Bertz CT molecular complexity index is 1390. The van der Waals surface area contributed by atoms with Gasteiger partial charge in [0.2, 0.25) is 0 Å². The molecule has 15 heteroatoms. The van der Waals surface area contributed by atoms with E-state index in [0.29, 0.717) is 11.2 Å². The molecule has 1 fully saturated rings. The van der Waals surface area contributed by atoms with E-state index in [0.717, 1.165) is 0 Å². The number of aromatic nitrogens is 4. The van der Waals surface area contributed by atoms with Gasteiger partial charge in [-0.25, -0.2) is 19.5 Å². The van der Waals surface area contributed by atoms with Gasteiger partial charge in [-0.15, -0.1) is 0 Å². The zero-order valence-electron chi connectivity index (χ0n) is 22.5. The lowest BCUT2D eigenvalue weighted by molar-refractivity contribution is -0.156. The van der Waals surface area contributed by atoms with Gasteiger partial charge in [0.15, 0.2) is 23.4 Å². The smallest absolute Gasteiger partial charge is 0.453 e. The predicted molar refractivity (Wildman–Crippen MR) is 143 cm³/mol. The molecule has 0 spiro atoms. The van der Waals surface area contributed by atoms with Gasteiger partial charge in [-0.3, -0.25) is 18.7 Å². The van der Waals surface area contributed by atoms with Gasteiger partial charge in [0.1, 0.15) is 36.0 Å².